The average Bonchev–Trinajstić information content (AvgIpc) is 2.60. The van der Waals surface area contributed by atoms with Gasteiger partial charge in [-0.25, -0.2) is 0 Å². The van der Waals surface area contributed by atoms with Crippen LogP contribution in [0.1, 0.15) is 44.1 Å². The number of aliphatic hydroxyl groups is 1. The molecule has 0 amide bonds. The summed E-state index contributed by atoms with van der Waals surface area (Å²) in [4.78, 5) is 4.30. The number of nitrogens with zero attached hydrogens (tertiary/aromatic N) is 1. The van der Waals surface area contributed by atoms with E-state index in [1.165, 1.54) is 25.7 Å². The van der Waals surface area contributed by atoms with Crippen molar-refractivity contribution >= 4 is 29.9 Å². The molecule has 0 spiro atoms. The van der Waals surface area contributed by atoms with Gasteiger partial charge in [0.15, 0.2) is 5.96 Å². The van der Waals surface area contributed by atoms with Gasteiger partial charge in [-0.3, -0.25) is 4.99 Å². The molecule has 1 fully saturated rings. The first kappa shape index (κ1) is 21.2. The van der Waals surface area contributed by atoms with Gasteiger partial charge in [-0.05, 0) is 30.2 Å². The van der Waals surface area contributed by atoms with Gasteiger partial charge in [0.05, 0.1) is 6.61 Å². The van der Waals surface area contributed by atoms with E-state index in [4.69, 9.17) is 0 Å². The normalized spacial score (nSPS) is 22.4. The summed E-state index contributed by atoms with van der Waals surface area (Å²) in [6.45, 7) is 4.15. The molecule has 0 aromatic heterocycles. The zero-order chi connectivity index (χ0) is 16.5. The fraction of sp³-hybridized carbons (Fsp3) is 0.632. The Morgan fingerprint density at radius 3 is 2.42 bits per heavy atom. The molecule has 1 aliphatic rings. The molecule has 0 bridgehead atoms. The van der Waals surface area contributed by atoms with Crippen molar-refractivity contribution in [2.75, 3.05) is 26.7 Å². The summed E-state index contributed by atoms with van der Waals surface area (Å²) in [7, 11) is 1.80. The fourth-order valence-corrected chi connectivity index (χ4v) is 3.23. The Balaban J connectivity index is 0.00000288. The van der Waals surface area contributed by atoms with Gasteiger partial charge < -0.3 is 15.7 Å². The fourth-order valence-electron chi connectivity index (χ4n) is 3.23. The lowest BCUT2D eigenvalue weighted by atomic mass is 9.83. The largest absolute Gasteiger partial charge is 0.396 e. The molecule has 1 unspecified atom stereocenters. The second-order valence-electron chi connectivity index (χ2n) is 6.75. The van der Waals surface area contributed by atoms with Crippen molar-refractivity contribution in [2.45, 2.75) is 38.5 Å². The van der Waals surface area contributed by atoms with Gasteiger partial charge in [-0.1, -0.05) is 50.1 Å². The highest BCUT2D eigenvalue weighted by Gasteiger charge is 2.18. The molecule has 0 heterocycles. The third-order valence-electron chi connectivity index (χ3n) is 4.92. The van der Waals surface area contributed by atoms with Gasteiger partial charge in [0, 0.05) is 26.1 Å². The maximum absolute atomic E-state index is 9.62. The zero-order valence-corrected chi connectivity index (χ0v) is 17.2. The van der Waals surface area contributed by atoms with Gasteiger partial charge in [0.2, 0.25) is 0 Å². The van der Waals surface area contributed by atoms with E-state index >= 15 is 0 Å². The number of hydrogen-bond acceptors (Lipinski definition) is 2. The summed E-state index contributed by atoms with van der Waals surface area (Å²) in [6.07, 6.45) is 5.32. The summed E-state index contributed by atoms with van der Waals surface area (Å²) in [5.74, 6) is 2.57. The molecule has 2 rings (SSSR count). The van der Waals surface area contributed by atoms with E-state index in [1.54, 1.807) is 7.05 Å². The molecule has 1 aromatic carbocycles. The zero-order valence-electron chi connectivity index (χ0n) is 14.9. The third kappa shape index (κ3) is 6.97. The standard InChI is InChI=1S/C19H31N3O.HI/c1-15-8-10-16(11-9-15)12-21-19(20-2)22-13-18(14-23)17-6-4-3-5-7-17;/h3-7,15-16,18,23H,8-14H2,1-2H3,(H2,20,21,22);1H. The summed E-state index contributed by atoms with van der Waals surface area (Å²) in [6, 6.07) is 10.1. The van der Waals surface area contributed by atoms with Gasteiger partial charge >= 0.3 is 0 Å². The Hall–Kier alpha value is -0.820. The van der Waals surface area contributed by atoms with E-state index in [0.29, 0.717) is 6.54 Å². The van der Waals surface area contributed by atoms with Crippen LogP contribution >= 0.6 is 24.0 Å². The van der Waals surface area contributed by atoms with Crippen molar-refractivity contribution in [1.29, 1.82) is 0 Å². The number of guanidine groups is 1. The molecule has 1 aliphatic carbocycles. The highest BCUT2D eigenvalue weighted by Crippen LogP contribution is 2.27. The van der Waals surface area contributed by atoms with E-state index < -0.39 is 0 Å². The Bertz CT molecular complexity index is 473. The third-order valence-corrected chi connectivity index (χ3v) is 4.92. The van der Waals surface area contributed by atoms with E-state index in [-0.39, 0.29) is 36.5 Å². The molecule has 136 valence electrons. The first-order valence-electron chi connectivity index (χ1n) is 8.83. The molecule has 1 aromatic rings. The number of benzene rings is 1. The molecule has 3 N–H and O–H groups in total. The van der Waals surface area contributed by atoms with E-state index in [0.717, 1.165) is 29.9 Å². The summed E-state index contributed by atoms with van der Waals surface area (Å²) in [5.41, 5.74) is 1.15. The molecule has 24 heavy (non-hydrogen) atoms. The minimum Gasteiger partial charge on any atom is -0.396 e. The van der Waals surface area contributed by atoms with Gasteiger partial charge in [0.25, 0.3) is 0 Å². The van der Waals surface area contributed by atoms with Crippen molar-refractivity contribution in [3.8, 4) is 0 Å². The molecule has 1 saturated carbocycles. The number of halogens is 1. The number of rotatable bonds is 6. The monoisotopic (exact) mass is 445 g/mol. The second kappa shape index (κ2) is 11.7. The minimum absolute atomic E-state index is 0. The van der Waals surface area contributed by atoms with Crippen LogP contribution in [0.15, 0.2) is 35.3 Å². The molecule has 0 radical (unpaired) electrons. The van der Waals surface area contributed by atoms with Crippen LogP contribution in [0.5, 0.6) is 0 Å². The molecule has 4 nitrogen and oxygen atoms in total. The lowest BCUT2D eigenvalue weighted by Crippen LogP contribution is -2.42. The maximum atomic E-state index is 9.62. The summed E-state index contributed by atoms with van der Waals surface area (Å²) in [5, 5.41) is 16.4. The van der Waals surface area contributed by atoms with E-state index in [9.17, 15) is 5.11 Å². The van der Waals surface area contributed by atoms with Crippen LogP contribution in [0.3, 0.4) is 0 Å². The maximum Gasteiger partial charge on any atom is 0.191 e. The highest BCUT2D eigenvalue weighted by molar-refractivity contribution is 14.0. The van der Waals surface area contributed by atoms with Crippen molar-refractivity contribution in [3.63, 3.8) is 0 Å². The van der Waals surface area contributed by atoms with Gasteiger partial charge in [-0.15, -0.1) is 24.0 Å². The smallest absolute Gasteiger partial charge is 0.191 e. The first-order valence-corrected chi connectivity index (χ1v) is 8.83. The molecule has 1 atom stereocenters. The van der Waals surface area contributed by atoms with E-state index in [1.807, 2.05) is 18.2 Å². The topological polar surface area (TPSA) is 56.7 Å². The SMILES string of the molecule is CN=C(NCC1CCC(C)CC1)NCC(CO)c1ccccc1.I. The number of aliphatic hydroxyl groups excluding tert-OH is 1. The molecule has 0 saturated heterocycles. The lowest BCUT2D eigenvalue weighted by molar-refractivity contribution is 0.264. The average molecular weight is 445 g/mol. The van der Waals surface area contributed by atoms with Crippen molar-refractivity contribution in [1.82, 2.24) is 10.6 Å². The van der Waals surface area contributed by atoms with Crippen LogP contribution in [0.2, 0.25) is 0 Å². The van der Waals surface area contributed by atoms with Crippen molar-refractivity contribution in [3.05, 3.63) is 35.9 Å². The minimum atomic E-state index is 0. The quantitative estimate of drug-likeness (QED) is 0.358. The van der Waals surface area contributed by atoms with Crippen LogP contribution in [0.25, 0.3) is 0 Å². The number of aliphatic imine (C=N–C) groups is 1. The van der Waals surface area contributed by atoms with Crippen LogP contribution < -0.4 is 10.6 Å². The predicted molar refractivity (Wildman–Crippen MR) is 112 cm³/mol. The molecular weight excluding hydrogens is 413 g/mol. The molecule has 5 heteroatoms. The van der Waals surface area contributed by atoms with Gasteiger partial charge in [0.1, 0.15) is 0 Å². The Kier molecular flexibility index (Phi) is 10.3. The second-order valence-corrected chi connectivity index (χ2v) is 6.75. The number of hydrogen-bond donors (Lipinski definition) is 3. The summed E-state index contributed by atoms with van der Waals surface area (Å²) >= 11 is 0. The Morgan fingerprint density at radius 1 is 1.17 bits per heavy atom. The van der Waals surface area contributed by atoms with Crippen LogP contribution in [-0.2, 0) is 0 Å². The summed E-state index contributed by atoms with van der Waals surface area (Å²) < 4.78 is 0. The van der Waals surface area contributed by atoms with E-state index in [2.05, 4.69) is 34.7 Å². The van der Waals surface area contributed by atoms with Crippen LogP contribution in [0.4, 0.5) is 0 Å². The van der Waals surface area contributed by atoms with Crippen molar-refractivity contribution < 1.29 is 5.11 Å². The molecular formula is C19H32IN3O. The Morgan fingerprint density at radius 2 is 1.83 bits per heavy atom. The predicted octanol–water partition coefficient (Wildman–Crippen LogP) is 3.37. The Labute approximate surface area is 163 Å². The van der Waals surface area contributed by atoms with Crippen LogP contribution in [0, 0.1) is 11.8 Å². The van der Waals surface area contributed by atoms with Gasteiger partial charge in [-0.2, -0.15) is 0 Å². The lowest BCUT2D eigenvalue weighted by Gasteiger charge is -2.27. The number of nitrogens with one attached hydrogen (secondary N) is 2. The van der Waals surface area contributed by atoms with Crippen molar-refractivity contribution in [2.24, 2.45) is 16.8 Å². The highest BCUT2D eigenvalue weighted by atomic mass is 127. The molecule has 0 aliphatic heterocycles. The first-order chi connectivity index (χ1) is 11.2. The van der Waals surface area contributed by atoms with Crippen LogP contribution in [-0.4, -0.2) is 37.8 Å².